The average Bonchev–Trinajstić information content (AvgIpc) is 3.33. The molecule has 3 aromatic rings. The molecule has 168 valence electrons. The highest BCUT2D eigenvalue weighted by molar-refractivity contribution is 5.83. The minimum Gasteiger partial charge on any atom is -0.477 e. The van der Waals surface area contributed by atoms with Crippen molar-refractivity contribution in [2.45, 2.75) is 39.0 Å². The maximum atomic E-state index is 12.9. The van der Waals surface area contributed by atoms with E-state index in [1.807, 2.05) is 53.3 Å². The van der Waals surface area contributed by atoms with Gasteiger partial charge in [-0.1, -0.05) is 38.1 Å². The second kappa shape index (κ2) is 9.87. The van der Waals surface area contributed by atoms with Crippen LogP contribution in [0.3, 0.4) is 0 Å². The average molecular weight is 435 g/mol. The minimum absolute atomic E-state index is 0.0838. The summed E-state index contributed by atoms with van der Waals surface area (Å²) >= 11 is 0. The van der Waals surface area contributed by atoms with E-state index in [-0.39, 0.29) is 18.6 Å². The number of hydrogen-bond acceptors (Lipinski definition) is 5. The fraction of sp³-hybridized carbons (Fsp3) is 0.360. The highest BCUT2D eigenvalue weighted by atomic mass is 16.5. The van der Waals surface area contributed by atoms with Gasteiger partial charge in [0.05, 0.1) is 30.6 Å². The molecule has 0 unspecified atom stereocenters. The van der Waals surface area contributed by atoms with Crippen LogP contribution in [0.25, 0.3) is 5.69 Å². The van der Waals surface area contributed by atoms with Gasteiger partial charge in [-0.25, -0.2) is 4.68 Å². The molecule has 0 radical (unpaired) electrons. The largest absolute Gasteiger partial charge is 0.477 e. The number of hydrogen-bond donors (Lipinski definition) is 2. The number of ether oxygens (including phenoxy) is 1. The SMILES string of the molecule is CC(C)C[C@@H](CO)NC(=O)[C@@H]1CN(Cc2ccc(-n3cccn3)cc2)c2ccccc2O1. The summed E-state index contributed by atoms with van der Waals surface area (Å²) in [5.41, 5.74) is 3.09. The van der Waals surface area contributed by atoms with E-state index >= 15 is 0 Å². The Balaban J connectivity index is 1.49. The molecule has 0 fully saturated rings. The van der Waals surface area contributed by atoms with Crippen LogP contribution in [0.1, 0.15) is 25.8 Å². The number of aliphatic hydroxyl groups is 1. The first-order chi connectivity index (χ1) is 15.5. The van der Waals surface area contributed by atoms with E-state index in [0.717, 1.165) is 23.4 Å². The Bertz CT molecular complexity index is 1020. The van der Waals surface area contributed by atoms with E-state index in [0.29, 0.717) is 24.8 Å². The van der Waals surface area contributed by atoms with Gasteiger partial charge in [0.1, 0.15) is 5.75 Å². The van der Waals surface area contributed by atoms with Crippen LogP contribution in [0.15, 0.2) is 67.0 Å². The second-order valence-corrected chi connectivity index (χ2v) is 8.59. The van der Waals surface area contributed by atoms with E-state index in [4.69, 9.17) is 4.74 Å². The van der Waals surface area contributed by atoms with E-state index in [2.05, 4.69) is 41.3 Å². The standard InChI is InChI=1S/C25H30N4O3/c1-18(2)14-20(17-30)27-25(31)24-16-28(22-6-3-4-7-23(22)32-24)15-19-8-10-21(11-9-19)29-13-5-12-26-29/h3-13,18,20,24,30H,14-17H2,1-2H3,(H,27,31)/t20-,24-/m0/s1. The molecule has 7 nitrogen and oxygen atoms in total. The summed E-state index contributed by atoms with van der Waals surface area (Å²) in [5, 5.41) is 16.9. The quantitative estimate of drug-likeness (QED) is 0.569. The summed E-state index contributed by atoms with van der Waals surface area (Å²) in [7, 11) is 0. The third-order valence-electron chi connectivity index (χ3n) is 5.56. The molecule has 0 saturated carbocycles. The van der Waals surface area contributed by atoms with Crippen molar-refractivity contribution in [3.63, 3.8) is 0 Å². The van der Waals surface area contributed by atoms with Crippen molar-refractivity contribution in [3.05, 3.63) is 72.6 Å². The fourth-order valence-electron chi connectivity index (χ4n) is 4.03. The van der Waals surface area contributed by atoms with Crippen LogP contribution in [0.5, 0.6) is 5.75 Å². The van der Waals surface area contributed by atoms with Gasteiger partial charge in [0.15, 0.2) is 6.10 Å². The topological polar surface area (TPSA) is 79.6 Å². The summed E-state index contributed by atoms with van der Waals surface area (Å²) in [4.78, 5) is 15.1. The van der Waals surface area contributed by atoms with Crippen LogP contribution >= 0.6 is 0 Å². The molecule has 1 aliphatic heterocycles. The smallest absolute Gasteiger partial charge is 0.263 e. The van der Waals surface area contributed by atoms with Crippen LogP contribution in [-0.4, -0.2) is 46.1 Å². The number of nitrogens with one attached hydrogen (secondary N) is 1. The molecule has 2 atom stereocenters. The van der Waals surface area contributed by atoms with Gasteiger partial charge in [0.2, 0.25) is 0 Å². The molecule has 2 heterocycles. The van der Waals surface area contributed by atoms with E-state index in [1.165, 1.54) is 0 Å². The second-order valence-electron chi connectivity index (χ2n) is 8.59. The lowest BCUT2D eigenvalue weighted by atomic mass is 10.0. The van der Waals surface area contributed by atoms with Crippen molar-refractivity contribution in [3.8, 4) is 11.4 Å². The summed E-state index contributed by atoms with van der Waals surface area (Å²) in [6.45, 7) is 5.14. The third kappa shape index (κ3) is 5.11. The zero-order chi connectivity index (χ0) is 22.5. The van der Waals surface area contributed by atoms with Gasteiger partial charge in [-0.05, 0) is 48.2 Å². The highest BCUT2D eigenvalue weighted by Crippen LogP contribution is 2.34. The van der Waals surface area contributed by atoms with Crippen LogP contribution in [0, 0.1) is 5.92 Å². The molecular weight excluding hydrogens is 404 g/mol. The number of fused-ring (bicyclic) bond motifs is 1. The first-order valence-corrected chi connectivity index (χ1v) is 11.0. The number of anilines is 1. The first-order valence-electron chi connectivity index (χ1n) is 11.0. The van der Waals surface area contributed by atoms with Crippen LogP contribution in [0.2, 0.25) is 0 Å². The zero-order valence-corrected chi connectivity index (χ0v) is 18.5. The lowest BCUT2D eigenvalue weighted by Crippen LogP contribution is -2.52. The van der Waals surface area contributed by atoms with Crippen LogP contribution in [-0.2, 0) is 11.3 Å². The lowest BCUT2D eigenvalue weighted by molar-refractivity contribution is -0.129. The summed E-state index contributed by atoms with van der Waals surface area (Å²) in [6, 6.07) is 17.6. The van der Waals surface area contributed by atoms with Crippen molar-refractivity contribution in [2.24, 2.45) is 5.92 Å². The molecule has 2 N–H and O–H groups in total. The molecule has 0 saturated heterocycles. The van der Waals surface area contributed by atoms with Crippen molar-refractivity contribution < 1.29 is 14.6 Å². The minimum atomic E-state index is -0.644. The number of carbonyl (C=O) groups is 1. The number of nitrogens with zero attached hydrogens (tertiary/aromatic N) is 3. The predicted octanol–water partition coefficient (Wildman–Crippen LogP) is 3.16. The molecule has 2 aromatic carbocycles. The molecular formula is C25H30N4O3. The van der Waals surface area contributed by atoms with Gasteiger partial charge in [0.25, 0.3) is 5.91 Å². The molecule has 1 amide bonds. The van der Waals surface area contributed by atoms with E-state index in [1.54, 1.807) is 6.20 Å². The maximum Gasteiger partial charge on any atom is 0.263 e. The number of amides is 1. The highest BCUT2D eigenvalue weighted by Gasteiger charge is 2.31. The van der Waals surface area contributed by atoms with Crippen molar-refractivity contribution in [1.82, 2.24) is 15.1 Å². The van der Waals surface area contributed by atoms with Crippen molar-refractivity contribution in [2.75, 3.05) is 18.1 Å². The molecule has 0 spiro atoms. The van der Waals surface area contributed by atoms with Crippen LogP contribution in [0.4, 0.5) is 5.69 Å². The van der Waals surface area contributed by atoms with E-state index in [9.17, 15) is 9.90 Å². The van der Waals surface area contributed by atoms with Gasteiger partial charge in [0, 0.05) is 18.9 Å². The van der Waals surface area contributed by atoms with Crippen molar-refractivity contribution >= 4 is 11.6 Å². The summed E-state index contributed by atoms with van der Waals surface area (Å²) < 4.78 is 7.86. The molecule has 7 heteroatoms. The first kappa shape index (κ1) is 21.9. The Labute approximate surface area is 188 Å². The predicted molar refractivity (Wildman–Crippen MR) is 124 cm³/mol. The number of para-hydroxylation sites is 2. The normalized spacial score (nSPS) is 16.4. The number of rotatable bonds is 8. The molecule has 1 aliphatic rings. The molecule has 32 heavy (non-hydrogen) atoms. The molecule has 0 bridgehead atoms. The number of aliphatic hydroxyl groups excluding tert-OH is 1. The number of benzene rings is 2. The summed E-state index contributed by atoms with van der Waals surface area (Å²) in [6.07, 6.45) is 3.74. The molecule has 0 aliphatic carbocycles. The lowest BCUT2D eigenvalue weighted by Gasteiger charge is -2.36. The maximum absolute atomic E-state index is 12.9. The Morgan fingerprint density at radius 2 is 1.97 bits per heavy atom. The molecule has 4 rings (SSSR count). The van der Waals surface area contributed by atoms with Gasteiger partial charge in [-0.15, -0.1) is 0 Å². The monoisotopic (exact) mass is 434 g/mol. The Morgan fingerprint density at radius 3 is 2.66 bits per heavy atom. The summed E-state index contributed by atoms with van der Waals surface area (Å²) in [5.74, 6) is 0.872. The van der Waals surface area contributed by atoms with Gasteiger partial charge < -0.3 is 20.1 Å². The third-order valence-corrected chi connectivity index (χ3v) is 5.56. The fourth-order valence-corrected chi connectivity index (χ4v) is 4.03. The Hall–Kier alpha value is -3.32. The Morgan fingerprint density at radius 1 is 1.19 bits per heavy atom. The Kier molecular flexibility index (Phi) is 6.75. The molecule has 1 aromatic heterocycles. The van der Waals surface area contributed by atoms with Gasteiger partial charge >= 0.3 is 0 Å². The van der Waals surface area contributed by atoms with E-state index < -0.39 is 6.10 Å². The van der Waals surface area contributed by atoms with Gasteiger partial charge in [-0.2, -0.15) is 5.10 Å². The zero-order valence-electron chi connectivity index (χ0n) is 18.5. The van der Waals surface area contributed by atoms with Gasteiger partial charge in [-0.3, -0.25) is 4.79 Å². The van der Waals surface area contributed by atoms with Crippen molar-refractivity contribution in [1.29, 1.82) is 0 Å². The number of carbonyl (C=O) groups excluding carboxylic acids is 1. The number of aromatic nitrogens is 2. The van der Waals surface area contributed by atoms with Crippen LogP contribution < -0.4 is 15.0 Å².